The molecule has 502 valence electrons. The maximum absolute atomic E-state index is 15.2. The van der Waals surface area contributed by atoms with Crippen LogP contribution >= 0.6 is 0 Å². The van der Waals surface area contributed by atoms with Crippen LogP contribution < -0.4 is 5.32 Å². The van der Waals surface area contributed by atoms with Crippen molar-refractivity contribution in [1.29, 1.82) is 0 Å². The summed E-state index contributed by atoms with van der Waals surface area (Å²) in [5, 5.41) is 15.0. The molecule has 2 saturated heterocycles. The molecule has 2 aliphatic heterocycles. The van der Waals surface area contributed by atoms with E-state index in [1.54, 1.807) is 75.3 Å². The van der Waals surface area contributed by atoms with Crippen molar-refractivity contribution in [2.24, 2.45) is 65.1 Å². The summed E-state index contributed by atoms with van der Waals surface area (Å²) in [6, 6.07) is -9.68. The second-order valence-corrected chi connectivity index (χ2v) is 27.7. The van der Waals surface area contributed by atoms with Crippen LogP contribution in [0.15, 0.2) is 12.2 Å². The van der Waals surface area contributed by atoms with Gasteiger partial charge in [0.1, 0.15) is 42.0 Å². The van der Waals surface area contributed by atoms with Gasteiger partial charge in [0.25, 0.3) is 0 Å². The van der Waals surface area contributed by atoms with Gasteiger partial charge < -0.3 is 49.5 Å². The number of aliphatic hydroxyl groups is 1. The monoisotopic (exact) mass is 1240 g/mol. The van der Waals surface area contributed by atoms with Crippen LogP contribution in [0.3, 0.4) is 0 Å². The third-order valence-electron chi connectivity index (χ3n) is 18.3. The summed E-state index contributed by atoms with van der Waals surface area (Å²) in [5.41, 5.74) is 0. The van der Waals surface area contributed by atoms with Crippen LogP contribution in [-0.2, 0) is 57.5 Å². The number of nitrogens with one attached hydrogen (secondary N) is 1. The number of hydrogen-bond acceptors (Lipinski definition) is 13. The maximum atomic E-state index is 15.2. The Morgan fingerprint density at radius 1 is 0.545 bits per heavy atom. The van der Waals surface area contributed by atoms with Crippen molar-refractivity contribution in [3.05, 3.63) is 12.2 Å². The van der Waals surface area contributed by atoms with E-state index < -0.39 is 149 Å². The number of hydrogen-bond donors (Lipinski definition) is 2. The molecular weight excluding hydrogens is 1120 g/mol. The Labute approximate surface area is 528 Å². The summed E-state index contributed by atoms with van der Waals surface area (Å²) >= 11 is 0. The first-order valence-corrected chi connectivity index (χ1v) is 32.5. The molecule has 2 heterocycles. The largest absolute Gasteiger partial charge is 0.390 e. The minimum Gasteiger partial charge on any atom is -0.390 e. The maximum Gasteiger partial charge on any atom is 0.246 e. The Morgan fingerprint density at radius 2 is 1.02 bits per heavy atom. The standard InChI is InChI=1S/C67H116N8O13/c1-25-28-29-42(14)58(78)57-60(80)68-48(26-2)63(83)69(19)46(18)62(82)75-35-47(59(79)56(75)45(17)36-88-27-3)54(40(10)11)66(86)70(20)49(30-37(4)5)53(77)33-43(15)52(76)34-44(16)61(81)71(21)50(31-38(6)7)64(84)72(22)51(32-39(8)9)65(85)73(23)55(41(12)13)67(87)74(57)24/h25,28,37-51,54-58,78H,26-27,29-36H2,1-24H3,(H,68,80)/b28-25+/t42-,43-,44+,45-,46-,47?,48+,49+,50+,51+,54-,55+,56+,57+,58-/m1/s1. The minimum atomic E-state index is -1.62. The van der Waals surface area contributed by atoms with Gasteiger partial charge in [-0.15, -0.1) is 0 Å². The number of likely N-dealkylation sites (N-methyl/N-ethyl adjacent to an activating group) is 6. The Kier molecular flexibility index (Phi) is 31.4. The number of amides is 8. The molecule has 0 aromatic carbocycles. The fourth-order valence-corrected chi connectivity index (χ4v) is 12.7. The quantitative estimate of drug-likeness (QED) is 0.155. The van der Waals surface area contributed by atoms with Crippen molar-refractivity contribution < 1.29 is 62.6 Å². The molecule has 15 atom stereocenters. The topological polar surface area (TPSA) is 252 Å². The number of nitrogens with zero attached hydrogens (tertiary/aromatic N) is 7. The fraction of sp³-hybridized carbons (Fsp3) is 0.806. The zero-order valence-corrected chi connectivity index (χ0v) is 58.2. The lowest BCUT2D eigenvalue weighted by atomic mass is 9.78. The van der Waals surface area contributed by atoms with Gasteiger partial charge in [-0.3, -0.25) is 52.7 Å². The number of Topliss-reactive ketones (excluding diaryl/α,β-unsaturated/α-hetero) is 3. The molecule has 8 amide bonds. The Morgan fingerprint density at radius 3 is 1.50 bits per heavy atom. The normalized spacial score (nSPS) is 29.0. The van der Waals surface area contributed by atoms with Crippen LogP contribution in [0.25, 0.3) is 0 Å². The molecule has 2 fully saturated rings. The first-order chi connectivity index (χ1) is 40.8. The first kappa shape index (κ1) is 78.5. The predicted octanol–water partition coefficient (Wildman–Crippen LogP) is 6.17. The van der Waals surface area contributed by atoms with E-state index in [4.69, 9.17) is 4.74 Å². The summed E-state index contributed by atoms with van der Waals surface area (Å²) < 4.78 is 5.80. The van der Waals surface area contributed by atoms with Crippen LogP contribution in [0.5, 0.6) is 0 Å². The van der Waals surface area contributed by atoms with E-state index in [0.717, 1.165) is 4.90 Å². The van der Waals surface area contributed by atoms with Gasteiger partial charge in [0.05, 0.1) is 30.7 Å². The van der Waals surface area contributed by atoms with Crippen molar-refractivity contribution in [3.63, 3.8) is 0 Å². The van der Waals surface area contributed by atoms with Gasteiger partial charge in [-0.1, -0.05) is 116 Å². The van der Waals surface area contributed by atoms with Crippen molar-refractivity contribution in [2.45, 2.75) is 224 Å². The average molecular weight is 1240 g/mol. The SMILES string of the molecule is C/C=C/C[C@@H](C)[C@@H](O)[C@H]1C(=O)N[C@@H](CC)C(=O)N(C)[C@H](C)C(=O)N2CC(C(=O)[C@@H]2[C@H](C)COCC)[C@@H](C(C)C)C(=O)N(C)[C@@H](CC(C)C)C(=O)C[C@@H](C)C(=O)C[C@H](C)C(=O)N(C)[C@@H](CC(C)C)C(=O)N(C)[C@@H](CC(C)C)C(=O)N(C)[C@@H](C(C)C)C(=O)N1C. The zero-order chi connectivity index (χ0) is 67.8. The van der Waals surface area contributed by atoms with Crippen LogP contribution in [-0.4, -0.2) is 220 Å². The highest BCUT2D eigenvalue weighted by Gasteiger charge is 2.53. The van der Waals surface area contributed by atoms with E-state index in [2.05, 4.69) is 5.32 Å². The molecule has 0 aromatic heterocycles. The number of ketones is 3. The van der Waals surface area contributed by atoms with E-state index in [1.807, 2.05) is 54.5 Å². The van der Waals surface area contributed by atoms with Crippen molar-refractivity contribution in [1.82, 2.24) is 39.6 Å². The van der Waals surface area contributed by atoms with Gasteiger partial charge in [0, 0.05) is 92.0 Å². The van der Waals surface area contributed by atoms with Gasteiger partial charge in [-0.25, -0.2) is 0 Å². The van der Waals surface area contributed by atoms with E-state index in [9.17, 15) is 29.1 Å². The molecule has 0 aliphatic carbocycles. The smallest absolute Gasteiger partial charge is 0.246 e. The lowest BCUT2D eigenvalue weighted by molar-refractivity contribution is -0.157. The van der Waals surface area contributed by atoms with E-state index in [-0.39, 0.29) is 86.8 Å². The van der Waals surface area contributed by atoms with Gasteiger partial charge in [-0.2, -0.15) is 0 Å². The molecule has 2 N–H and O–H groups in total. The van der Waals surface area contributed by atoms with Crippen molar-refractivity contribution in [3.8, 4) is 0 Å². The average Bonchev–Trinajstić information content (AvgIpc) is 2.04. The molecule has 0 saturated carbocycles. The lowest BCUT2D eigenvalue weighted by Gasteiger charge is -2.41. The molecule has 88 heavy (non-hydrogen) atoms. The van der Waals surface area contributed by atoms with E-state index in [0.29, 0.717) is 13.0 Å². The van der Waals surface area contributed by atoms with Gasteiger partial charge in [-0.05, 0) is 88.4 Å². The summed E-state index contributed by atoms with van der Waals surface area (Å²) in [6.45, 7) is 32.2. The third kappa shape index (κ3) is 19.7. The molecule has 2 aliphatic rings. The number of carbonyl (C=O) groups is 11. The summed E-state index contributed by atoms with van der Waals surface area (Å²) in [4.78, 5) is 173. The molecule has 2 bridgehead atoms. The van der Waals surface area contributed by atoms with E-state index in [1.165, 1.54) is 78.6 Å². The first-order valence-electron chi connectivity index (χ1n) is 32.5. The Balaban J connectivity index is 3.07. The second-order valence-electron chi connectivity index (χ2n) is 27.7. The van der Waals surface area contributed by atoms with Crippen LogP contribution in [0.2, 0.25) is 0 Å². The fourth-order valence-electron chi connectivity index (χ4n) is 12.7. The molecule has 0 aromatic rings. The van der Waals surface area contributed by atoms with Crippen molar-refractivity contribution >= 4 is 64.6 Å². The van der Waals surface area contributed by atoms with Crippen LogP contribution in [0.4, 0.5) is 0 Å². The van der Waals surface area contributed by atoms with Crippen LogP contribution in [0, 0.1) is 65.1 Å². The van der Waals surface area contributed by atoms with E-state index >= 15 is 28.8 Å². The van der Waals surface area contributed by atoms with Gasteiger partial charge in [0.2, 0.25) is 47.3 Å². The van der Waals surface area contributed by atoms with Crippen LogP contribution in [0.1, 0.15) is 170 Å². The number of aliphatic hydroxyl groups excluding tert-OH is 1. The second kappa shape index (κ2) is 35.1. The Hall–Kier alpha value is -5.57. The summed E-state index contributed by atoms with van der Waals surface area (Å²) in [6.07, 6.45) is 2.52. The van der Waals surface area contributed by atoms with Gasteiger partial charge in [0.15, 0.2) is 11.6 Å². The highest BCUT2D eigenvalue weighted by molar-refractivity contribution is 6.02. The van der Waals surface area contributed by atoms with Gasteiger partial charge >= 0.3 is 0 Å². The Bertz CT molecular complexity index is 2450. The number of ether oxygens (including phenoxy) is 1. The number of carbonyl (C=O) groups excluding carboxylic acids is 11. The minimum absolute atomic E-state index is 0.0142. The molecule has 21 nitrogen and oxygen atoms in total. The number of fused-ring (bicyclic) bond motifs is 2. The summed E-state index contributed by atoms with van der Waals surface area (Å²) in [7, 11) is 8.75. The predicted molar refractivity (Wildman–Crippen MR) is 341 cm³/mol. The molecule has 0 radical (unpaired) electrons. The van der Waals surface area contributed by atoms with Crippen molar-refractivity contribution in [2.75, 3.05) is 62.0 Å². The number of allylic oxidation sites excluding steroid dienone is 2. The number of rotatable bonds is 17. The molecule has 2 rings (SSSR count). The molecule has 0 spiro atoms. The lowest BCUT2D eigenvalue weighted by Crippen LogP contribution is -2.63. The molecule has 21 heteroatoms. The highest BCUT2D eigenvalue weighted by Crippen LogP contribution is 2.37. The highest BCUT2D eigenvalue weighted by atomic mass is 16.5. The molecule has 1 unspecified atom stereocenters. The third-order valence-corrected chi connectivity index (χ3v) is 18.3. The molecular formula is C67H116N8O13. The zero-order valence-electron chi connectivity index (χ0n) is 58.2. The summed E-state index contributed by atoms with van der Waals surface area (Å²) in [5.74, 6) is -12.5.